The van der Waals surface area contributed by atoms with Crippen molar-refractivity contribution in [3.8, 4) is 5.75 Å². The van der Waals surface area contributed by atoms with Gasteiger partial charge in [0.2, 0.25) is 5.60 Å². The van der Waals surface area contributed by atoms with Crippen molar-refractivity contribution >= 4 is 17.3 Å². The minimum atomic E-state index is -0.919. The molecule has 3 aliphatic rings. The lowest BCUT2D eigenvalue weighted by Crippen LogP contribution is -2.53. The van der Waals surface area contributed by atoms with Gasteiger partial charge in [0.1, 0.15) is 5.75 Å². The lowest BCUT2D eigenvalue weighted by atomic mass is 9.72. The average Bonchev–Trinajstić information content (AvgIpc) is 3.41. The maximum atomic E-state index is 13.4. The van der Waals surface area contributed by atoms with Gasteiger partial charge >= 0.3 is 0 Å². The molecule has 2 saturated carbocycles. The first-order valence-corrected chi connectivity index (χ1v) is 9.34. The highest BCUT2D eigenvalue weighted by molar-refractivity contribution is 6.10. The fraction of sp³-hybridized carbons (Fsp3) is 0.381. The highest BCUT2D eigenvalue weighted by atomic mass is 16.7. The number of fused-ring (bicyclic) bond motifs is 5. The summed E-state index contributed by atoms with van der Waals surface area (Å²) >= 11 is 0. The molecular weight excluding hydrogens is 342 g/mol. The van der Waals surface area contributed by atoms with Crippen molar-refractivity contribution in [1.82, 2.24) is 4.98 Å². The molecule has 1 amide bonds. The van der Waals surface area contributed by atoms with Crippen molar-refractivity contribution in [3.63, 3.8) is 0 Å². The molecule has 1 aliphatic heterocycles. The van der Waals surface area contributed by atoms with Crippen LogP contribution < -0.4 is 10.1 Å². The number of ether oxygens (including phenoxy) is 1. The number of hydrogen-bond acceptors (Lipinski definition) is 5. The van der Waals surface area contributed by atoms with E-state index in [0.717, 1.165) is 30.5 Å². The molecule has 6 nitrogen and oxygen atoms in total. The highest BCUT2D eigenvalue weighted by Crippen LogP contribution is 2.60. The second-order valence-corrected chi connectivity index (χ2v) is 7.54. The van der Waals surface area contributed by atoms with Crippen molar-refractivity contribution in [2.24, 2.45) is 22.9 Å². The van der Waals surface area contributed by atoms with Gasteiger partial charge in [-0.05, 0) is 49.4 Å². The summed E-state index contributed by atoms with van der Waals surface area (Å²) < 4.78 is 5.26. The number of amides is 1. The topological polar surface area (TPSA) is 72.8 Å². The second-order valence-electron chi connectivity index (χ2n) is 7.54. The van der Waals surface area contributed by atoms with E-state index in [9.17, 15) is 4.79 Å². The van der Waals surface area contributed by atoms with Crippen molar-refractivity contribution < 1.29 is 14.4 Å². The van der Waals surface area contributed by atoms with Crippen LogP contribution in [0.15, 0.2) is 53.9 Å². The van der Waals surface area contributed by atoms with Crippen LogP contribution in [0.5, 0.6) is 5.75 Å². The molecule has 2 bridgehead atoms. The van der Waals surface area contributed by atoms with E-state index in [-0.39, 0.29) is 17.7 Å². The third-order valence-corrected chi connectivity index (χ3v) is 6.24. The molecule has 1 N–H and O–H groups in total. The number of oxime groups is 1. The first-order valence-electron chi connectivity index (χ1n) is 9.34. The SMILES string of the molecule is COc1cccc(NC(=O)C23ON=C(c4cccnc4)C2C2CCC3C2)c1. The number of methoxy groups -OCH3 is 1. The Hall–Kier alpha value is -2.89. The Kier molecular flexibility index (Phi) is 3.67. The van der Waals surface area contributed by atoms with E-state index >= 15 is 0 Å². The van der Waals surface area contributed by atoms with Gasteiger partial charge in [-0.15, -0.1) is 0 Å². The molecule has 2 aliphatic carbocycles. The van der Waals surface area contributed by atoms with Gasteiger partial charge in [-0.25, -0.2) is 0 Å². The maximum Gasteiger partial charge on any atom is 0.272 e. The van der Waals surface area contributed by atoms with Crippen LogP contribution in [0.25, 0.3) is 0 Å². The molecule has 2 heterocycles. The zero-order chi connectivity index (χ0) is 18.4. The van der Waals surface area contributed by atoms with E-state index in [1.165, 1.54) is 0 Å². The molecule has 0 radical (unpaired) electrons. The number of nitrogens with one attached hydrogen (secondary N) is 1. The van der Waals surface area contributed by atoms with Gasteiger partial charge < -0.3 is 14.9 Å². The Morgan fingerprint density at radius 2 is 2.22 bits per heavy atom. The van der Waals surface area contributed by atoms with Crippen LogP contribution in [0, 0.1) is 17.8 Å². The zero-order valence-electron chi connectivity index (χ0n) is 15.1. The molecule has 1 aromatic heterocycles. The fourth-order valence-corrected chi connectivity index (χ4v) is 5.10. The molecule has 4 atom stereocenters. The van der Waals surface area contributed by atoms with E-state index in [4.69, 9.17) is 9.57 Å². The van der Waals surface area contributed by atoms with Gasteiger partial charge in [0.15, 0.2) is 0 Å². The van der Waals surface area contributed by atoms with E-state index in [1.807, 2.05) is 36.4 Å². The normalized spacial score (nSPS) is 30.4. The van der Waals surface area contributed by atoms with Crippen LogP contribution in [0.2, 0.25) is 0 Å². The van der Waals surface area contributed by atoms with Crippen LogP contribution in [0.1, 0.15) is 24.8 Å². The summed E-state index contributed by atoms with van der Waals surface area (Å²) in [7, 11) is 1.61. The molecule has 2 fully saturated rings. The summed E-state index contributed by atoms with van der Waals surface area (Å²) in [6.45, 7) is 0. The molecule has 1 aromatic carbocycles. The number of anilines is 1. The second kappa shape index (κ2) is 6.08. The standard InChI is InChI=1S/C21H21N3O3/c1-26-17-6-2-5-16(11-17)23-20(25)21-15-8-7-13(10-15)18(21)19(24-27-21)14-4-3-9-22-12-14/h2-6,9,11-13,15,18H,7-8,10H2,1H3,(H,23,25). The van der Waals surface area contributed by atoms with Crippen LogP contribution >= 0.6 is 0 Å². The van der Waals surface area contributed by atoms with Crippen molar-refractivity contribution in [2.45, 2.75) is 24.9 Å². The molecule has 27 heavy (non-hydrogen) atoms. The predicted octanol–water partition coefficient (Wildman–Crippen LogP) is 3.25. The van der Waals surface area contributed by atoms with Gasteiger partial charge in [0.05, 0.1) is 18.7 Å². The van der Waals surface area contributed by atoms with Crippen molar-refractivity contribution in [2.75, 3.05) is 12.4 Å². The quantitative estimate of drug-likeness (QED) is 0.905. The zero-order valence-corrected chi connectivity index (χ0v) is 15.1. The number of benzene rings is 1. The third-order valence-electron chi connectivity index (χ3n) is 6.24. The minimum Gasteiger partial charge on any atom is -0.497 e. The lowest BCUT2D eigenvalue weighted by molar-refractivity contribution is -0.149. The van der Waals surface area contributed by atoms with E-state index in [2.05, 4.69) is 15.5 Å². The van der Waals surface area contributed by atoms with E-state index in [1.54, 1.807) is 19.5 Å². The summed E-state index contributed by atoms with van der Waals surface area (Å²) in [5, 5.41) is 7.44. The lowest BCUT2D eigenvalue weighted by Gasteiger charge is -2.35. The summed E-state index contributed by atoms with van der Waals surface area (Å²) in [4.78, 5) is 23.6. The largest absolute Gasteiger partial charge is 0.497 e. The number of aromatic nitrogens is 1. The van der Waals surface area contributed by atoms with E-state index < -0.39 is 5.60 Å². The van der Waals surface area contributed by atoms with Gasteiger partial charge in [-0.3, -0.25) is 9.78 Å². The van der Waals surface area contributed by atoms with Crippen molar-refractivity contribution in [1.29, 1.82) is 0 Å². The first kappa shape index (κ1) is 16.3. The molecule has 2 aromatic rings. The summed E-state index contributed by atoms with van der Waals surface area (Å²) in [6, 6.07) is 11.3. The Balaban J connectivity index is 1.48. The van der Waals surface area contributed by atoms with Gasteiger partial charge in [0.25, 0.3) is 5.91 Å². The van der Waals surface area contributed by atoms with Crippen LogP contribution in [-0.4, -0.2) is 29.3 Å². The fourth-order valence-electron chi connectivity index (χ4n) is 5.10. The van der Waals surface area contributed by atoms with Crippen LogP contribution in [0.4, 0.5) is 5.69 Å². The first-order chi connectivity index (χ1) is 13.2. The Morgan fingerprint density at radius 3 is 3.04 bits per heavy atom. The molecular formula is C21H21N3O3. The molecule has 5 rings (SSSR count). The molecule has 138 valence electrons. The van der Waals surface area contributed by atoms with Gasteiger partial charge in [0, 0.05) is 35.6 Å². The summed E-state index contributed by atoms with van der Waals surface area (Å²) in [6.07, 6.45) is 6.66. The minimum absolute atomic E-state index is 0.0222. The smallest absolute Gasteiger partial charge is 0.272 e. The number of nitrogens with zero attached hydrogens (tertiary/aromatic N) is 2. The average molecular weight is 363 g/mol. The molecule has 6 heteroatoms. The number of pyridine rings is 1. The van der Waals surface area contributed by atoms with E-state index in [0.29, 0.717) is 17.4 Å². The van der Waals surface area contributed by atoms with Crippen molar-refractivity contribution in [3.05, 3.63) is 54.4 Å². The maximum absolute atomic E-state index is 13.4. The Bertz CT molecular complexity index is 914. The van der Waals surface area contributed by atoms with Crippen LogP contribution in [0.3, 0.4) is 0 Å². The third kappa shape index (κ3) is 2.36. The number of carbonyl (C=O) groups is 1. The summed E-state index contributed by atoms with van der Waals surface area (Å²) in [5.74, 6) is 1.18. The molecule has 4 unspecified atom stereocenters. The van der Waals surface area contributed by atoms with Gasteiger partial charge in [-0.1, -0.05) is 11.2 Å². The van der Waals surface area contributed by atoms with Crippen LogP contribution in [-0.2, 0) is 9.63 Å². The number of hydrogen-bond donors (Lipinski definition) is 1. The Morgan fingerprint density at radius 1 is 1.30 bits per heavy atom. The molecule has 0 spiro atoms. The Labute approximate surface area is 157 Å². The molecule has 0 saturated heterocycles. The van der Waals surface area contributed by atoms with Gasteiger partial charge in [-0.2, -0.15) is 0 Å². The number of rotatable bonds is 4. The number of carbonyl (C=O) groups excluding carboxylic acids is 1. The predicted molar refractivity (Wildman–Crippen MR) is 101 cm³/mol. The highest BCUT2D eigenvalue weighted by Gasteiger charge is 2.69. The monoisotopic (exact) mass is 363 g/mol. The summed E-state index contributed by atoms with van der Waals surface area (Å²) in [5.41, 5.74) is 1.58.